The summed E-state index contributed by atoms with van der Waals surface area (Å²) in [6, 6.07) is 14.9. The Labute approximate surface area is 159 Å². The molecule has 0 N–H and O–H groups in total. The number of halogens is 2. The Morgan fingerprint density at radius 3 is 2.58 bits per heavy atom. The first-order chi connectivity index (χ1) is 11.6. The van der Waals surface area contributed by atoms with Crippen LogP contribution in [0.25, 0.3) is 0 Å². The number of benzene rings is 2. The van der Waals surface area contributed by atoms with Gasteiger partial charge in [0, 0.05) is 16.0 Å². The molecule has 3 rings (SSSR count). The molecular weight excluding hydrogens is 382 g/mol. The molecule has 128 valence electrons. The van der Waals surface area contributed by atoms with Crippen LogP contribution in [0, 0.1) is 12.8 Å². The first-order valence-corrected chi connectivity index (χ1v) is 9.99. The largest absolute Gasteiger partial charge is 0.303 e. The third-order valence-electron chi connectivity index (χ3n) is 5.07. The molecule has 2 aromatic rings. The number of hydrogen-bond acceptors (Lipinski definition) is 1. The van der Waals surface area contributed by atoms with Crippen molar-refractivity contribution in [3.8, 4) is 0 Å². The van der Waals surface area contributed by atoms with Gasteiger partial charge in [-0.15, -0.1) is 0 Å². The maximum Gasteiger partial charge on any atom is 0.0438 e. The van der Waals surface area contributed by atoms with E-state index in [2.05, 4.69) is 58.1 Å². The van der Waals surface area contributed by atoms with Gasteiger partial charge in [0.2, 0.25) is 0 Å². The standard InChI is InChI=1S/C21H25BrClN/c1-16-6-7-20(22)19(14-16)15-17-8-11-24(12-9-17)13-10-18-4-2-3-5-21(18)23/h2-7,14,17H,8-13,15H2,1H3. The van der Waals surface area contributed by atoms with E-state index in [1.165, 1.54) is 53.5 Å². The molecule has 3 heteroatoms. The third-order valence-corrected chi connectivity index (χ3v) is 6.21. The van der Waals surface area contributed by atoms with Crippen LogP contribution < -0.4 is 0 Å². The highest BCUT2D eigenvalue weighted by Gasteiger charge is 2.20. The fourth-order valence-electron chi connectivity index (χ4n) is 3.56. The van der Waals surface area contributed by atoms with Crippen molar-refractivity contribution in [3.05, 3.63) is 68.7 Å². The van der Waals surface area contributed by atoms with E-state index < -0.39 is 0 Å². The van der Waals surface area contributed by atoms with Crippen LogP contribution in [0.3, 0.4) is 0 Å². The van der Waals surface area contributed by atoms with E-state index in [-0.39, 0.29) is 0 Å². The lowest BCUT2D eigenvalue weighted by Crippen LogP contribution is -2.35. The highest BCUT2D eigenvalue weighted by Crippen LogP contribution is 2.27. The number of hydrogen-bond donors (Lipinski definition) is 0. The van der Waals surface area contributed by atoms with Gasteiger partial charge < -0.3 is 4.90 Å². The van der Waals surface area contributed by atoms with Gasteiger partial charge in [-0.05, 0) is 74.9 Å². The lowest BCUT2D eigenvalue weighted by atomic mass is 9.89. The highest BCUT2D eigenvalue weighted by atomic mass is 79.9. The van der Waals surface area contributed by atoms with E-state index in [9.17, 15) is 0 Å². The average Bonchev–Trinajstić information content (AvgIpc) is 2.59. The predicted molar refractivity (Wildman–Crippen MR) is 107 cm³/mol. The molecule has 0 atom stereocenters. The first kappa shape index (κ1) is 18.0. The fourth-order valence-corrected chi connectivity index (χ4v) is 4.20. The molecule has 0 spiro atoms. The van der Waals surface area contributed by atoms with Crippen LogP contribution in [0.2, 0.25) is 5.02 Å². The Balaban J connectivity index is 1.47. The molecule has 24 heavy (non-hydrogen) atoms. The van der Waals surface area contributed by atoms with Gasteiger partial charge in [-0.25, -0.2) is 0 Å². The third kappa shape index (κ3) is 4.84. The van der Waals surface area contributed by atoms with Gasteiger partial charge in [-0.2, -0.15) is 0 Å². The molecule has 1 fully saturated rings. The van der Waals surface area contributed by atoms with Crippen molar-refractivity contribution in [1.29, 1.82) is 0 Å². The number of likely N-dealkylation sites (tertiary alicyclic amines) is 1. The normalized spacial score (nSPS) is 16.5. The number of rotatable bonds is 5. The summed E-state index contributed by atoms with van der Waals surface area (Å²) in [6.07, 6.45) is 4.83. The molecule has 0 aliphatic carbocycles. The van der Waals surface area contributed by atoms with Gasteiger partial charge >= 0.3 is 0 Å². The topological polar surface area (TPSA) is 3.24 Å². The van der Waals surface area contributed by atoms with Gasteiger partial charge in [-0.1, -0.05) is 63.4 Å². The number of aryl methyl sites for hydroxylation is 1. The lowest BCUT2D eigenvalue weighted by Gasteiger charge is -2.32. The van der Waals surface area contributed by atoms with Gasteiger partial charge in [0.15, 0.2) is 0 Å². The molecule has 0 radical (unpaired) electrons. The lowest BCUT2D eigenvalue weighted by molar-refractivity contribution is 0.186. The summed E-state index contributed by atoms with van der Waals surface area (Å²) < 4.78 is 1.26. The summed E-state index contributed by atoms with van der Waals surface area (Å²) in [5, 5.41) is 0.900. The van der Waals surface area contributed by atoms with Crippen LogP contribution in [-0.2, 0) is 12.8 Å². The van der Waals surface area contributed by atoms with Crippen molar-refractivity contribution in [2.45, 2.75) is 32.6 Å². The summed E-state index contributed by atoms with van der Waals surface area (Å²) in [5.74, 6) is 0.805. The monoisotopic (exact) mass is 405 g/mol. The van der Waals surface area contributed by atoms with Crippen LogP contribution in [0.15, 0.2) is 46.9 Å². The van der Waals surface area contributed by atoms with Crippen molar-refractivity contribution < 1.29 is 0 Å². The minimum absolute atomic E-state index is 0.805. The van der Waals surface area contributed by atoms with Crippen LogP contribution in [-0.4, -0.2) is 24.5 Å². The second kappa shape index (κ2) is 8.51. The zero-order valence-electron chi connectivity index (χ0n) is 14.3. The first-order valence-electron chi connectivity index (χ1n) is 8.82. The molecule has 2 aromatic carbocycles. The van der Waals surface area contributed by atoms with E-state index >= 15 is 0 Å². The van der Waals surface area contributed by atoms with E-state index in [0.717, 1.165) is 23.9 Å². The zero-order chi connectivity index (χ0) is 16.9. The molecule has 0 amide bonds. The summed E-state index contributed by atoms with van der Waals surface area (Å²) in [7, 11) is 0. The molecule has 1 saturated heterocycles. The van der Waals surface area contributed by atoms with Gasteiger partial charge in [-0.3, -0.25) is 0 Å². The maximum absolute atomic E-state index is 6.26. The van der Waals surface area contributed by atoms with Gasteiger partial charge in [0.25, 0.3) is 0 Å². The van der Waals surface area contributed by atoms with Crippen molar-refractivity contribution in [1.82, 2.24) is 4.90 Å². The molecule has 1 aliphatic rings. The second-order valence-corrected chi connectivity index (χ2v) is 8.19. The predicted octanol–water partition coefficient (Wildman–Crippen LogP) is 5.91. The van der Waals surface area contributed by atoms with E-state index in [1.807, 2.05) is 12.1 Å². The molecule has 1 nitrogen and oxygen atoms in total. The van der Waals surface area contributed by atoms with E-state index in [0.29, 0.717) is 0 Å². The zero-order valence-corrected chi connectivity index (χ0v) is 16.6. The maximum atomic E-state index is 6.26. The molecule has 1 aliphatic heterocycles. The smallest absolute Gasteiger partial charge is 0.0438 e. The van der Waals surface area contributed by atoms with Gasteiger partial charge in [0.05, 0.1) is 0 Å². The summed E-state index contributed by atoms with van der Waals surface area (Å²) >= 11 is 9.96. The Bertz CT molecular complexity index is 677. The molecule has 0 aromatic heterocycles. The molecule has 0 unspecified atom stereocenters. The van der Waals surface area contributed by atoms with Gasteiger partial charge in [0.1, 0.15) is 0 Å². The molecule has 0 saturated carbocycles. The Morgan fingerprint density at radius 1 is 1.08 bits per heavy atom. The van der Waals surface area contributed by atoms with Crippen LogP contribution in [0.1, 0.15) is 29.5 Å². The second-order valence-electron chi connectivity index (χ2n) is 6.93. The van der Waals surface area contributed by atoms with E-state index in [4.69, 9.17) is 11.6 Å². The Morgan fingerprint density at radius 2 is 1.83 bits per heavy atom. The summed E-state index contributed by atoms with van der Waals surface area (Å²) in [6.45, 7) is 5.70. The van der Waals surface area contributed by atoms with Crippen LogP contribution >= 0.6 is 27.5 Å². The average molecular weight is 407 g/mol. The fraction of sp³-hybridized carbons (Fsp3) is 0.429. The highest BCUT2D eigenvalue weighted by molar-refractivity contribution is 9.10. The van der Waals surface area contributed by atoms with Crippen LogP contribution in [0.5, 0.6) is 0 Å². The minimum atomic E-state index is 0.805. The van der Waals surface area contributed by atoms with Crippen LogP contribution in [0.4, 0.5) is 0 Å². The number of piperidine rings is 1. The van der Waals surface area contributed by atoms with Crippen molar-refractivity contribution >= 4 is 27.5 Å². The van der Waals surface area contributed by atoms with Crippen molar-refractivity contribution in [2.24, 2.45) is 5.92 Å². The summed E-state index contributed by atoms with van der Waals surface area (Å²) in [4.78, 5) is 2.59. The molecule has 1 heterocycles. The summed E-state index contributed by atoms with van der Waals surface area (Å²) in [5.41, 5.74) is 4.08. The van der Waals surface area contributed by atoms with E-state index in [1.54, 1.807) is 0 Å². The van der Waals surface area contributed by atoms with Crippen molar-refractivity contribution in [3.63, 3.8) is 0 Å². The van der Waals surface area contributed by atoms with Crippen molar-refractivity contribution in [2.75, 3.05) is 19.6 Å². The molecule has 0 bridgehead atoms. The SMILES string of the molecule is Cc1ccc(Br)c(CC2CCN(CCc3ccccc3Cl)CC2)c1. The number of nitrogens with zero attached hydrogens (tertiary/aromatic N) is 1. The quantitative estimate of drug-likeness (QED) is 0.596. The molecular formula is C21H25BrClN. The Kier molecular flexibility index (Phi) is 6.37. The minimum Gasteiger partial charge on any atom is -0.303 e. The Hall–Kier alpha value is -0.830.